The van der Waals surface area contributed by atoms with Crippen LogP contribution in [0.3, 0.4) is 0 Å². The van der Waals surface area contributed by atoms with Gasteiger partial charge in [-0.1, -0.05) is 5.21 Å². The van der Waals surface area contributed by atoms with E-state index in [4.69, 9.17) is 5.11 Å². The number of carbonyl (C=O) groups is 1. The van der Waals surface area contributed by atoms with Crippen molar-refractivity contribution in [1.82, 2.24) is 15.0 Å². The zero-order chi connectivity index (χ0) is 14.0. The minimum absolute atomic E-state index is 0.0758. The van der Waals surface area contributed by atoms with E-state index >= 15 is 0 Å². The van der Waals surface area contributed by atoms with Crippen molar-refractivity contribution in [3.8, 4) is 0 Å². The first-order valence-corrected chi connectivity index (χ1v) is 5.03. The Balaban J connectivity index is 2.33. The lowest BCUT2D eigenvalue weighted by Gasteiger charge is -2.02. The van der Waals surface area contributed by atoms with Crippen molar-refractivity contribution in [2.24, 2.45) is 0 Å². The zero-order valence-corrected chi connectivity index (χ0v) is 9.36. The van der Waals surface area contributed by atoms with E-state index in [0.717, 1.165) is 29.1 Å². The van der Waals surface area contributed by atoms with Crippen LogP contribution < -0.4 is 0 Å². The molecular weight excluding hydrogens is 259 g/mol. The molecule has 1 aromatic carbocycles. The average molecular weight is 266 g/mol. The Morgan fingerprint density at radius 1 is 1.53 bits per heavy atom. The molecule has 1 N–H and O–H groups in total. The van der Waals surface area contributed by atoms with Gasteiger partial charge in [0.15, 0.2) is 5.69 Å². The van der Waals surface area contributed by atoms with Crippen LogP contribution in [-0.2, 0) is 6.54 Å². The monoisotopic (exact) mass is 266 g/mol. The van der Waals surface area contributed by atoms with Crippen molar-refractivity contribution < 1.29 is 19.2 Å². The van der Waals surface area contributed by atoms with Gasteiger partial charge in [-0.25, -0.2) is 13.9 Å². The molecule has 98 valence electrons. The van der Waals surface area contributed by atoms with Crippen LogP contribution in [0.4, 0.5) is 10.1 Å². The Hall–Kier alpha value is -2.84. The number of aromatic carboxylic acids is 1. The van der Waals surface area contributed by atoms with Gasteiger partial charge in [-0.15, -0.1) is 5.10 Å². The number of hydrogen-bond acceptors (Lipinski definition) is 5. The number of carboxylic acids is 1. The fourth-order valence-corrected chi connectivity index (χ4v) is 1.51. The summed E-state index contributed by atoms with van der Waals surface area (Å²) in [4.78, 5) is 20.7. The van der Waals surface area contributed by atoms with Crippen LogP contribution in [0, 0.1) is 15.9 Å². The molecule has 19 heavy (non-hydrogen) atoms. The predicted octanol–water partition coefficient (Wildman–Crippen LogP) is 1.07. The Labute approximate surface area is 105 Å². The van der Waals surface area contributed by atoms with E-state index in [1.54, 1.807) is 0 Å². The molecule has 9 heteroatoms. The molecule has 8 nitrogen and oxygen atoms in total. The predicted molar refractivity (Wildman–Crippen MR) is 59.1 cm³/mol. The van der Waals surface area contributed by atoms with Gasteiger partial charge in [0.25, 0.3) is 5.69 Å². The summed E-state index contributed by atoms with van der Waals surface area (Å²) in [5.41, 5.74) is -0.486. The minimum atomic E-state index is -1.26. The standard InChI is InChI=1S/C10H7FN4O4/c11-7-1-2-9(15(18)19)6(3-7)4-14-5-8(10(16)17)12-13-14/h1-3,5H,4H2,(H,16,17). The molecule has 0 aliphatic carbocycles. The van der Waals surface area contributed by atoms with E-state index in [1.165, 1.54) is 0 Å². The molecular formula is C10H7FN4O4. The third-order valence-corrected chi connectivity index (χ3v) is 2.33. The van der Waals surface area contributed by atoms with Crippen LogP contribution in [0.15, 0.2) is 24.4 Å². The molecule has 1 heterocycles. The minimum Gasteiger partial charge on any atom is -0.476 e. The van der Waals surface area contributed by atoms with Crippen LogP contribution >= 0.6 is 0 Å². The molecule has 2 aromatic rings. The molecule has 0 saturated heterocycles. The van der Waals surface area contributed by atoms with Crippen LogP contribution in [0.5, 0.6) is 0 Å². The van der Waals surface area contributed by atoms with Crippen molar-refractivity contribution in [3.63, 3.8) is 0 Å². The van der Waals surface area contributed by atoms with Crippen LogP contribution in [-0.4, -0.2) is 31.0 Å². The number of nitro groups is 1. The van der Waals surface area contributed by atoms with E-state index in [9.17, 15) is 19.3 Å². The first-order valence-electron chi connectivity index (χ1n) is 5.03. The lowest BCUT2D eigenvalue weighted by Crippen LogP contribution is -2.04. The van der Waals surface area contributed by atoms with Gasteiger partial charge in [0.2, 0.25) is 0 Å². The highest BCUT2D eigenvalue weighted by Gasteiger charge is 2.16. The summed E-state index contributed by atoms with van der Waals surface area (Å²) in [6.07, 6.45) is 1.11. The fraction of sp³-hybridized carbons (Fsp3) is 0.100. The molecule has 1 aromatic heterocycles. The number of halogens is 1. The third kappa shape index (κ3) is 2.70. The van der Waals surface area contributed by atoms with Gasteiger partial charge >= 0.3 is 5.97 Å². The lowest BCUT2D eigenvalue weighted by atomic mass is 10.2. The van der Waals surface area contributed by atoms with E-state index < -0.39 is 16.7 Å². The molecule has 0 spiro atoms. The molecule has 0 aliphatic rings. The number of aromatic nitrogens is 3. The first-order chi connectivity index (χ1) is 8.97. The van der Waals surface area contributed by atoms with Gasteiger partial charge in [0, 0.05) is 6.07 Å². The van der Waals surface area contributed by atoms with Gasteiger partial charge in [0.1, 0.15) is 5.82 Å². The number of nitrogens with zero attached hydrogens (tertiary/aromatic N) is 4. The highest BCUT2D eigenvalue weighted by Crippen LogP contribution is 2.20. The third-order valence-electron chi connectivity index (χ3n) is 2.33. The maximum Gasteiger partial charge on any atom is 0.358 e. The van der Waals surface area contributed by atoms with Gasteiger partial charge < -0.3 is 5.11 Å². The Bertz CT molecular complexity index is 655. The fourth-order valence-electron chi connectivity index (χ4n) is 1.51. The smallest absolute Gasteiger partial charge is 0.358 e. The molecule has 0 bridgehead atoms. The molecule has 0 unspecified atom stereocenters. The van der Waals surface area contributed by atoms with Crippen LogP contribution in [0.25, 0.3) is 0 Å². The summed E-state index contributed by atoms with van der Waals surface area (Å²) in [5, 5.41) is 26.3. The molecule has 0 aliphatic heterocycles. The summed E-state index contributed by atoms with van der Waals surface area (Å²) >= 11 is 0. The van der Waals surface area contributed by atoms with E-state index in [-0.39, 0.29) is 23.5 Å². The van der Waals surface area contributed by atoms with Crippen molar-refractivity contribution in [2.75, 3.05) is 0 Å². The maximum atomic E-state index is 13.1. The summed E-state index contributed by atoms with van der Waals surface area (Å²) in [6.45, 7) is -0.144. The molecule has 0 radical (unpaired) electrons. The molecule has 0 fully saturated rings. The average Bonchev–Trinajstić information content (AvgIpc) is 2.77. The van der Waals surface area contributed by atoms with Crippen molar-refractivity contribution in [3.05, 3.63) is 51.6 Å². The number of nitro benzene ring substituents is 1. The summed E-state index contributed by atoms with van der Waals surface area (Å²) in [6, 6.07) is 3.02. The number of rotatable bonds is 4. The van der Waals surface area contributed by atoms with Gasteiger partial charge in [-0.05, 0) is 12.1 Å². The summed E-state index contributed by atoms with van der Waals surface area (Å²) < 4.78 is 14.2. The van der Waals surface area contributed by atoms with E-state index in [2.05, 4.69) is 10.3 Å². The summed E-state index contributed by atoms with van der Waals surface area (Å²) in [5.74, 6) is -1.89. The lowest BCUT2D eigenvalue weighted by molar-refractivity contribution is -0.385. The highest BCUT2D eigenvalue weighted by atomic mass is 19.1. The first kappa shape index (κ1) is 12.6. The quantitative estimate of drug-likeness (QED) is 0.654. The van der Waals surface area contributed by atoms with Crippen molar-refractivity contribution in [2.45, 2.75) is 6.54 Å². The Morgan fingerprint density at radius 3 is 2.84 bits per heavy atom. The van der Waals surface area contributed by atoms with E-state index in [1.807, 2.05) is 0 Å². The Kier molecular flexibility index (Phi) is 3.19. The largest absolute Gasteiger partial charge is 0.476 e. The van der Waals surface area contributed by atoms with Gasteiger partial charge in [-0.2, -0.15) is 0 Å². The summed E-state index contributed by atoms with van der Waals surface area (Å²) in [7, 11) is 0. The van der Waals surface area contributed by atoms with Gasteiger partial charge in [0.05, 0.1) is 23.2 Å². The molecule has 0 atom stereocenters. The number of hydrogen-bond donors (Lipinski definition) is 1. The maximum absolute atomic E-state index is 13.1. The van der Waals surface area contributed by atoms with E-state index in [0.29, 0.717) is 0 Å². The zero-order valence-electron chi connectivity index (χ0n) is 9.36. The highest BCUT2D eigenvalue weighted by molar-refractivity contribution is 5.84. The van der Waals surface area contributed by atoms with Crippen LogP contribution in [0.1, 0.15) is 16.1 Å². The number of carboxylic acid groups (broad SMARTS) is 1. The van der Waals surface area contributed by atoms with Crippen molar-refractivity contribution in [1.29, 1.82) is 0 Å². The topological polar surface area (TPSA) is 111 Å². The second-order valence-electron chi connectivity index (χ2n) is 3.64. The van der Waals surface area contributed by atoms with Gasteiger partial charge in [-0.3, -0.25) is 10.1 Å². The molecule has 2 rings (SSSR count). The SMILES string of the molecule is O=C(O)c1cn(Cc2cc(F)ccc2[N+](=O)[O-])nn1. The second kappa shape index (κ2) is 4.80. The Morgan fingerprint density at radius 2 is 2.26 bits per heavy atom. The second-order valence-corrected chi connectivity index (χ2v) is 3.64. The normalized spacial score (nSPS) is 10.4. The molecule has 0 saturated carbocycles. The van der Waals surface area contributed by atoms with Crippen LogP contribution in [0.2, 0.25) is 0 Å². The number of benzene rings is 1. The molecule has 0 amide bonds. The van der Waals surface area contributed by atoms with Crippen molar-refractivity contribution >= 4 is 11.7 Å².